The predicted molar refractivity (Wildman–Crippen MR) is 110 cm³/mol. The number of aryl methyl sites for hydroxylation is 2. The summed E-state index contributed by atoms with van der Waals surface area (Å²) in [5.74, 6) is -1.06. The predicted octanol–water partition coefficient (Wildman–Crippen LogP) is 3.11. The molecule has 0 saturated carbocycles. The number of carbonyl (C=O) groups excluding carboxylic acids is 3. The third kappa shape index (κ3) is 5.96. The van der Waals surface area contributed by atoms with Crippen molar-refractivity contribution in [2.45, 2.75) is 31.7 Å². The Labute approximate surface area is 173 Å². The molecule has 29 heavy (non-hydrogen) atoms. The van der Waals surface area contributed by atoms with Crippen LogP contribution in [0.4, 0.5) is 10.5 Å². The van der Waals surface area contributed by atoms with Crippen molar-refractivity contribution < 1.29 is 19.1 Å². The van der Waals surface area contributed by atoms with Crippen molar-refractivity contribution in [1.29, 1.82) is 0 Å². The van der Waals surface area contributed by atoms with E-state index in [4.69, 9.17) is 22.1 Å². The summed E-state index contributed by atoms with van der Waals surface area (Å²) in [6.45, 7) is -0.417. The second-order valence-corrected chi connectivity index (χ2v) is 7.30. The van der Waals surface area contributed by atoms with Gasteiger partial charge in [0, 0.05) is 10.7 Å². The first-order valence-electron chi connectivity index (χ1n) is 9.29. The number of fused-ring (bicyclic) bond motifs is 1. The Morgan fingerprint density at radius 1 is 1.07 bits per heavy atom. The molecule has 1 aliphatic carbocycles. The monoisotopic (exact) mass is 415 g/mol. The summed E-state index contributed by atoms with van der Waals surface area (Å²) in [6.07, 6.45) is 3.03. The number of carbonyl (C=O) groups is 3. The van der Waals surface area contributed by atoms with E-state index in [1.807, 2.05) is 18.2 Å². The number of esters is 1. The number of urea groups is 1. The fourth-order valence-electron chi connectivity index (χ4n) is 3.34. The lowest BCUT2D eigenvalue weighted by Gasteiger charge is -2.17. The SMILES string of the molecule is NC(=O)N[C@@H](CC(=O)OCC(=O)Nc1ccc2c(c1)CCC2)c1ccc(Cl)cc1. The minimum absolute atomic E-state index is 0.170. The van der Waals surface area contributed by atoms with Crippen LogP contribution in [0, 0.1) is 0 Å². The minimum Gasteiger partial charge on any atom is -0.455 e. The standard InChI is InChI=1S/C21H22ClN3O4/c22-16-7-4-14(5-8-16)18(25-21(23)28)11-20(27)29-12-19(26)24-17-9-6-13-2-1-3-15(13)10-17/h4-10,18H,1-3,11-12H2,(H,24,26)(H3,23,25,28)/t18-/m0/s1. The first kappa shape index (κ1) is 20.7. The molecule has 7 nitrogen and oxygen atoms in total. The maximum Gasteiger partial charge on any atom is 0.312 e. The number of ether oxygens (including phenoxy) is 1. The van der Waals surface area contributed by atoms with Crippen LogP contribution in [0.2, 0.25) is 5.02 Å². The van der Waals surface area contributed by atoms with Gasteiger partial charge in [-0.3, -0.25) is 9.59 Å². The van der Waals surface area contributed by atoms with Crippen LogP contribution in [-0.2, 0) is 27.2 Å². The van der Waals surface area contributed by atoms with Crippen molar-refractivity contribution in [1.82, 2.24) is 5.32 Å². The number of hydrogen-bond acceptors (Lipinski definition) is 4. The number of rotatable bonds is 7. The molecule has 0 heterocycles. The molecule has 4 N–H and O–H groups in total. The van der Waals surface area contributed by atoms with Gasteiger partial charge < -0.3 is 21.1 Å². The molecule has 2 aromatic carbocycles. The van der Waals surface area contributed by atoms with Crippen molar-refractivity contribution in [3.8, 4) is 0 Å². The number of nitrogens with one attached hydrogen (secondary N) is 2. The molecule has 1 aliphatic rings. The summed E-state index contributed by atoms with van der Waals surface area (Å²) in [7, 11) is 0. The first-order chi connectivity index (χ1) is 13.9. The van der Waals surface area contributed by atoms with E-state index in [9.17, 15) is 14.4 Å². The molecule has 1 atom stereocenters. The van der Waals surface area contributed by atoms with Gasteiger partial charge >= 0.3 is 12.0 Å². The Hall–Kier alpha value is -3.06. The lowest BCUT2D eigenvalue weighted by Crippen LogP contribution is -2.35. The zero-order chi connectivity index (χ0) is 20.8. The average molecular weight is 416 g/mol. The van der Waals surface area contributed by atoms with Crippen LogP contribution in [0.25, 0.3) is 0 Å². The summed E-state index contributed by atoms with van der Waals surface area (Å²) < 4.78 is 5.06. The topological polar surface area (TPSA) is 111 Å². The highest BCUT2D eigenvalue weighted by Crippen LogP contribution is 2.25. The maximum absolute atomic E-state index is 12.2. The molecule has 0 spiro atoms. The molecule has 3 rings (SSSR count). The van der Waals surface area contributed by atoms with Crippen molar-refractivity contribution >= 4 is 35.2 Å². The van der Waals surface area contributed by atoms with Crippen molar-refractivity contribution in [2.75, 3.05) is 11.9 Å². The summed E-state index contributed by atoms with van der Waals surface area (Å²) >= 11 is 5.86. The number of benzene rings is 2. The van der Waals surface area contributed by atoms with Crippen LogP contribution in [0.3, 0.4) is 0 Å². The smallest absolute Gasteiger partial charge is 0.312 e. The normalized spacial score (nSPS) is 13.3. The van der Waals surface area contributed by atoms with Gasteiger partial charge in [0.15, 0.2) is 6.61 Å². The zero-order valence-electron chi connectivity index (χ0n) is 15.7. The highest BCUT2D eigenvalue weighted by atomic mass is 35.5. The van der Waals surface area contributed by atoms with Crippen LogP contribution in [0.5, 0.6) is 0 Å². The summed E-state index contributed by atoms with van der Waals surface area (Å²) in [4.78, 5) is 35.5. The van der Waals surface area contributed by atoms with Gasteiger partial charge in [0.1, 0.15) is 0 Å². The van der Waals surface area contributed by atoms with E-state index < -0.39 is 30.6 Å². The fourth-order valence-corrected chi connectivity index (χ4v) is 3.46. The van der Waals surface area contributed by atoms with Gasteiger partial charge in [-0.25, -0.2) is 4.79 Å². The van der Waals surface area contributed by atoms with Gasteiger partial charge in [0.05, 0.1) is 12.5 Å². The van der Waals surface area contributed by atoms with E-state index in [0.717, 1.165) is 19.3 Å². The number of hydrogen-bond donors (Lipinski definition) is 3. The van der Waals surface area contributed by atoms with Gasteiger partial charge in [-0.1, -0.05) is 29.8 Å². The number of primary amides is 1. The summed E-state index contributed by atoms with van der Waals surface area (Å²) in [5, 5.41) is 5.75. The van der Waals surface area contributed by atoms with Gasteiger partial charge in [0.25, 0.3) is 5.91 Å². The molecule has 0 radical (unpaired) electrons. The lowest BCUT2D eigenvalue weighted by molar-refractivity contribution is -0.147. The van der Waals surface area contributed by atoms with E-state index in [0.29, 0.717) is 16.3 Å². The second-order valence-electron chi connectivity index (χ2n) is 6.86. The minimum atomic E-state index is -0.771. The van der Waals surface area contributed by atoms with Gasteiger partial charge in [-0.15, -0.1) is 0 Å². The Morgan fingerprint density at radius 3 is 2.52 bits per heavy atom. The highest BCUT2D eigenvalue weighted by molar-refractivity contribution is 6.30. The fraction of sp³-hybridized carbons (Fsp3) is 0.286. The molecule has 152 valence electrons. The number of halogens is 1. The molecule has 0 saturated heterocycles. The summed E-state index contributed by atoms with van der Waals surface area (Å²) in [5.41, 5.74) is 9.07. The van der Waals surface area contributed by atoms with E-state index in [1.54, 1.807) is 24.3 Å². The molecular formula is C21H22ClN3O4. The van der Waals surface area contributed by atoms with Crippen LogP contribution in [0.15, 0.2) is 42.5 Å². The molecule has 0 aliphatic heterocycles. The zero-order valence-corrected chi connectivity index (χ0v) is 16.5. The molecule has 0 aromatic heterocycles. The molecule has 3 amide bonds. The third-order valence-electron chi connectivity index (χ3n) is 4.71. The van der Waals surface area contributed by atoms with E-state index in [-0.39, 0.29) is 6.42 Å². The lowest BCUT2D eigenvalue weighted by atomic mass is 10.0. The van der Waals surface area contributed by atoms with Crippen molar-refractivity contribution in [2.24, 2.45) is 5.73 Å². The quantitative estimate of drug-likeness (QED) is 0.603. The number of anilines is 1. The van der Waals surface area contributed by atoms with E-state index in [2.05, 4.69) is 10.6 Å². The Kier molecular flexibility index (Phi) is 6.72. The Morgan fingerprint density at radius 2 is 1.79 bits per heavy atom. The molecule has 2 aromatic rings. The molecule has 0 bridgehead atoms. The number of nitrogens with two attached hydrogens (primary N) is 1. The molecular weight excluding hydrogens is 394 g/mol. The van der Waals surface area contributed by atoms with Crippen LogP contribution >= 0.6 is 11.6 Å². The van der Waals surface area contributed by atoms with Crippen molar-refractivity contribution in [3.05, 3.63) is 64.2 Å². The van der Waals surface area contributed by atoms with Gasteiger partial charge in [-0.2, -0.15) is 0 Å². The molecule has 8 heteroatoms. The Bertz CT molecular complexity index is 915. The van der Waals surface area contributed by atoms with Crippen molar-refractivity contribution in [3.63, 3.8) is 0 Å². The van der Waals surface area contributed by atoms with Crippen LogP contribution < -0.4 is 16.4 Å². The highest BCUT2D eigenvalue weighted by Gasteiger charge is 2.19. The second kappa shape index (κ2) is 9.43. The Balaban J connectivity index is 1.52. The van der Waals surface area contributed by atoms with Gasteiger partial charge in [-0.05, 0) is 60.2 Å². The molecule has 0 fully saturated rings. The average Bonchev–Trinajstić information content (AvgIpc) is 3.14. The summed E-state index contributed by atoms with van der Waals surface area (Å²) in [6, 6.07) is 11.0. The van der Waals surface area contributed by atoms with Gasteiger partial charge in [0.2, 0.25) is 0 Å². The largest absolute Gasteiger partial charge is 0.455 e. The number of amides is 3. The van der Waals surface area contributed by atoms with E-state index >= 15 is 0 Å². The molecule has 0 unspecified atom stereocenters. The third-order valence-corrected chi connectivity index (χ3v) is 4.96. The van der Waals surface area contributed by atoms with Crippen LogP contribution in [-0.4, -0.2) is 24.5 Å². The first-order valence-corrected chi connectivity index (χ1v) is 9.67. The maximum atomic E-state index is 12.2. The van der Waals surface area contributed by atoms with E-state index in [1.165, 1.54) is 11.1 Å². The van der Waals surface area contributed by atoms with Crippen LogP contribution in [0.1, 0.15) is 35.6 Å².